The van der Waals surface area contributed by atoms with Crippen molar-refractivity contribution in [2.45, 2.75) is 32.9 Å². The van der Waals surface area contributed by atoms with E-state index in [0.29, 0.717) is 12.0 Å². The summed E-state index contributed by atoms with van der Waals surface area (Å²) in [6.45, 7) is 5.70. The van der Waals surface area contributed by atoms with Crippen LogP contribution in [-0.4, -0.2) is 37.7 Å². The van der Waals surface area contributed by atoms with Crippen LogP contribution in [0.15, 0.2) is 24.3 Å². The minimum Gasteiger partial charge on any atom is -0.435 e. The van der Waals surface area contributed by atoms with E-state index in [2.05, 4.69) is 28.8 Å². The second-order valence-electron chi connectivity index (χ2n) is 5.56. The predicted molar refractivity (Wildman–Crippen MR) is 94.2 cm³/mol. The zero-order chi connectivity index (χ0) is 15.2. The number of alkyl halides is 2. The van der Waals surface area contributed by atoms with Gasteiger partial charge in [-0.05, 0) is 23.6 Å². The largest absolute Gasteiger partial charge is 0.435 e. The first-order valence-electron chi connectivity index (χ1n) is 7.61. The van der Waals surface area contributed by atoms with Gasteiger partial charge in [0.2, 0.25) is 0 Å². The minimum atomic E-state index is -2.77. The summed E-state index contributed by atoms with van der Waals surface area (Å²) in [5.74, 6) is 0.738. The first kappa shape index (κ1) is 22.4. The van der Waals surface area contributed by atoms with Crippen LogP contribution < -0.4 is 10.1 Å². The maximum absolute atomic E-state index is 12.2. The topological polar surface area (TPSA) is 24.5 Å². The fourth-order valence-corrected chi connectivity index (χ4v) is 2.93. The highest BCUT2D eigenvalue weighted by atomic mass is 35.5. The Morgan fingerprint density at radius 1 is 1.13 bits per heavy atom. The van der Waals surface area contributed by atoms with E-state index in [4.69, 9.17) is 0 Å². The fraction of sp³-hybridized carbons (Fsp3) is 0.625. The molecule has 1 aliphatic heterocycles. The quantitative estimate of drug-likeness (QED) is 0.814. The highest BCUT2D eigenvalue weighted by molar-refractivity contribution is 5.85. The SMILES string of the molecule is CCC(C)[C@@H](c1ccc(OC(F)F)cc1)N1CCNCC1.Cl.Cl. The van der Waals surface area contributed by atoms with Crippen molar-refractivity contribution in [2.75, 3.05) is 26.2 Å². The van der Waals surface area contributed by atoms with Crippen molar-refractivity contribution in [3.63, 3.8) is 0 Å². The zero-order valence-electron chi connectivity index (χ0n) is 13.5. The van der Waals surface area contributed by atoms with Gasteiger partial charge in [-0.15, -0.1) is 24.8 Å². The van der Waals surface area contributed by atoms with Crippen LogP contribution in [-0.2, 0) is 0 Å². The third kappa shape index (κ3) is 6.42. The molecule has 1 saturated heterocycles. The summed E-state index contributed by atoms with van der Waals surface area (Å²) in [5, 5.41) is 3.36. The summed E-state index contributed by atoms with van der Waals surface area (Å²) in [5.41, 5.74) is 1.17. The summed E-state index contributed by atoms with van der Waals surface area (Å²) in [4.78, 5) is 2.48. The molecule has 0 amide bonds. The third-order valence-corrected chi connectivity index (χ3v) is 4.17. The first-order chi connectivity index (χ1) is 10.1. The number of piperazine rings is 1. The lowest BCUT2D eigenvalue weighted by Gasteiger charge is -2.38. The molecule has 0 aromatic heterocycles. The lowest BCUT2D eigenvalue weighted by Crippen LogP contribution is -2.46. The molecule has 3 nitrogen and oxygen atoms in total. The van der Waals surface area contributed by atoms with Gasteiger partial charge in [0.15, 0.2) is 0 Å². The Bertz CT molecular complexity index is 429. The molecular formula is C16H26Cl2F2N2O. The van der Waals surface area contributed by atoms with Gasteiger partial charge in [-0.1, -0.05) is 32.4 Å². The number of nitrogens with zero attached hydrogens (tertiary/aromatic N) is 1. The highest BCUT2D eigenvalue weighted by Crippen LogP contribution is 2.32. The smallest absolute Gasteiger partial charge is 0.387 e. The second kappa shape index (κ2) is 11.0. The molecule has 0 spiro atoms. The molecule has 23 heavy (non-hydrogen) atoms. The lowest BCUT2D eigenvalue weighted by atomic mass is 9.90. The Morgan fingerprint density at radius 2 is 1.70 bits per heavy atom. The molecule has 0 radical (unpaired) electrons. The Labute approximate surface area is 149 Å². The molecule has 1 aliphatic rings. The van der Waals surface area contributed by atoms with Crippen LogP contribution in [0.2, 0.25) is 0 Å². The van der Waals surface area contributed by atoms with Gasteiger partial charge in [0.05, 0.1) is 0 Å². The van der Waals surface area contributed by atoms with Crippen molar-refractivity contribution >= 4 is 24.8 Å². The Balaban J connectivity index is 0.00000242. The van der Waals surface area contributed by atoms with E-state index in [9.17, 15) is 8.78 Å². The van der Waals surface area contributed by atoms with Gasteiger partial charge in [0.1, 0.15) is 5.75 Å². The Kier molecular flexibility index (Phi) is 10.7. The number of ether oxygens (including phenoxy) is 1. The molecule has 1 aromatic carbocycles. The van der Waals surface area contributed by atoms with Crippen molar-refractivity contribution in [2.24, 2.45) is 5.92 Å². The maximum Gasteiger partial charge on any atom is 0.387 e. The second-order valence-corrected chi connectivity index (χ2v) is 5.56. The van der Waals surface area contributed by atoms with Gasteiger partial charge in [-0.2, -0.15) is 8.78 Å². The summed E-state index contributed by atoms with van der Waals surface area (Å²) < 4.78 is 28.9. The fourth-order valence-electron chi connectivity index (χ4n) is 2.93. The van der Waals surface area contributed by atoms with Crippen LogP contribution in [0.4, 0.5) is 8.78 Å². The third-order valence-electron chi connectivity index (χ3n) is 4.17. The molecule has 1 heterocycles. The van der Waals surface area contributed by atoms with Gasteiger partial charge < -0.3 is 10.1 Å². The molecule has 2 atom stereocenters. The van der Waals surface area contributed by atoms with Crippen molar-refractivity contribution in [1.82, 2.24) is 10.2 Å². The summed E-state index contributed by atoms with van der Waals surface area (Å²) in [7, 11) is 0. The normalized spacial score (nSPS) is 17.8. The molecule has 134 valence electrons. The molecule has 1 aromatic rings. The lowest BCUT2D eigenvalue weighted by molar-refractivity contribution is -0.0498. The molecule has 1 N–H and O–H groups in total. The first-order valence-corrected chi connectivity index (χ1v) is 7.61. The molecule has 1 fully saturated rings. The van der Waals surface area contributed by atoms with Crippen LogP contribution in [0.5, 0.6) is 5.75 Å². The molecule has 1 unspecified atom stereocenters. The van der Waals surface area contributed by atoms with Crippen LogP contribution >= 0.6 is 24.8 Å². The van der Waals surface area contributed by atoms with E-state index in [1.165, 1.54) is 5.56 Å². The van der Waals surface area contributed by atoms with Gasteiger partial charge in [0.25, 0.3) is 0 Å². The van der Waals surface area contributed by atoms with Crippen LogP contribution in [0.25, 0.3) is 0 Å². The molecule has 2 rings (SSSR count). The predicted octanol–water partition coefficient (Wildman–Crippen LogP) is 4.12. The standard InChI is InChI=1S/C16H24F2N2O.2ClH/c1-3-12(2)15(20-10-8-19-9-11-20)13-4-6-14(7-5-13)21-16(17)18;;/h4-7,12,15-16,19H,3,8-11H2,1-2H3;2*1H/t12?,15-;;/m0../s1. The molecule has 0 saturated carbocycles. The van der Waals surface area contributed by atoms with E-state index in [-0.39, 0.29) is 30.6 Å². The van der Waals surface area contributed by atoms with E-state index in [1.807, 2.05) is 12.1 Å². The van der Waals surface area contributed by atoms with Gasteiger partial charge in [-0.25, -0.2) is 0 Å². The Hall–Kier alpha value is -0.620. The average molecular weight is 371 g/mol. The van der Waals surface area contributed by atoms with Gasteiger partial charge in [-0.3, -0.25) is 4.90 Å². The van der Waals surface area contributed by atoms with E-state index in [0.717, 1.165) is 32.6 Å². The van der Waals surface area contributed by atoms with E-state index >= 15 is 0 Å². The number of nitrogens with one attached hydrogen (secondary N) is 1. The number of hydrogen-bond donors (Lipinski definition) is 1. The molecule has 0 aliphatic carbocycles. The van der Waals surface area contributed by atoms with Crippen molar-refractivity contribution < 1.29 is 13.5 Å². The number of rotatable bonds is 6. The van der Waals surface area contributed by atoms with Crippen LogP contribution in [0.1, 0.15) is 31.9 Å². The molecular weight excluding hydrogens is 345 g/mol. The summed E-state index contributed by atoms with van der Waals surface area (Å²) in [6, 6.07) is 7.43. The molecule has 7 heteroatoms. The van der Waals surface area contributed by atoms with Crippen LogP contribution in [0.3, 0.4) is 0 Å². The van der Waals surface area contributed by atoms with E-state index in [1.54, 1.807) is 12.1 Å². The minimum absolute atomic E-state index is 0. The highest BCUT2D eigenvalue weighted by Gasteiger charge is 2.26. The molecule has 0 bridgehead atoms. The monoisotopic (exact) mass is 370 g/mol. The number of benzene rings is 1. The number of halogens is 4. The zero-order valence-corrected chi connectivity index (χ0v) is 15.1. The summed E-state index contributed by atoms with van der Waals surface area (Å²) in [6.07, 6.45) is 1.09. The maximum atomic E-state index is 12.2. The van der Waals surface area contributed by atoms with Crippen molar-refractivity contribution in [3.05, 3.63) is 29.8 Å². The number of hydrogen-bond acceptors (Lipinski definition) is 3. The van der Waals surface area contributed by atoms with E-state index < -0.39 is 6.61 Å². The average Bonchev–Trinajstić information content (AvgIpc) is 2.49. The van der Waals surface area contributed by atoms with Crippen molar-refractivity contribution in [3.8, 4) is 5.75 Å². The van der Waals surface area contributed by atoms with Gasteiger partial charge >= 0.3 is 6.61 Å². The summed E-state index contributed by atoms with van der Waals surface area (Å²) >= 11 is 0. The van der Waals surface area contributed by atoms with Crippen LogP contribution in [0, 0.1) is 5.92 Å². The van der Waals surface area contributed by atoms with Crippen molar-refractivity contribution in [1.29, 1.82) is 0 Å². The Morgan fingerprint density at radius 3 is 2.17 bits per heavy atom. The van der Waals surface area contributed by atoms with Gasteiger partial charge in [0, 0.05) is 32.2 Å².